The number of amides is 2. The number of aliphatic carboxylic acids is 1. The number of rotatable bonds is 4. The van der Waals surface area contributed by atoms with Crippen LogP contribution in [0.1, 0.15) is 59.8 Å². The lowest BCUT2D eigenvalue weighted by atomic mass is 9.84. The zero-order valence-corrected chi connectivity index (χ0v) is 14.0. The number of carboxylic acids is 1. The minimum absolute atomic E-state index is 0.224. The first-order chi connectivity index (χ1) is 9.66. The van der Waals surface area contributed by atoms with Crippen molar-refractivity contribution in [2.45, 2.75) is 71.9 Å². The monoisotopic (exact) mass is 298 g/mol. The third kappa shape index (κ3) is 4.90. The highest BCUT2D eigenvalue weighted by atomic mass is 16.4. The van der Waals surface area contributed by atoms with Crippen LogP contribution >= 0.6 is 0 Å². The molecule has 0 heterocycles. The fourth-order valence-electron chi connectivity index (χ4n) is 2.98. The maximum atomic E-state index is 12.3. The molecule has 0 saturated heterocycles. The van der Waals surface area contributed by atoms with Crippen LogP contribution in [0.5, 0.6) is 0 Å². The van der Waals surface area contributed by atoms with Gasteiger partial charge in [-0.25, -0.2) is 9.59 Å². The van der Waals surface area contributed by atoms with Gasteiger partial charge in [0.25, 0.3) is 0 Å². The molecule has 1 aliphatic rings. The summed E-state index contributed by atoms with van der Waals surface area (Å²) in [5.41, 5.74) is -0.512. The van der Waals surface area contributed by atoms with Gasteiger partial charge in [0.15, 0.2) is 0 Å². The summed E-state index contributed by atoms with van der Waals surface area (Å²) in [4.78, 5) is 25.3. The Bertz CT molecular complexity index is 368. The summed E-state index contributed by atoms with van der Waals surface area (Å²) in [5, 5.41) is 11.9. The summed E-state index contributed by atoms with van der Waals surface area (Å²) in [5.74, 6) is -0.210. The number of carbonyl (C=O) groups excluding carboxylic acids is 1. The maximum absolute atomic E-state index is 12.3. The summed E-state index contributed by atoms with van der Waals surface area (Å²) >= 11 is 0. The van der Waals surface area contributed by atoms with Gasteiger partial charge < -0.3 is 15.3 Å². The van der Waals surface area contributed by atoms with Crippen molar-refractivity contribution >= 4 is 12.0 Å². The summed E-state index contributed by atoms with van der Waals surface area (Å²) in [6, 6.07) is -0.932. The minimum Gasteiger partial charge on any atom is -0.480 e. The van der Waals surface area contributed by atoms with Crippen LogP contribution in [0.2, 0.25) is 0 Å². The summed E-state index contributed by atoms with van der Waals surface area (Å²) < 4.78 is 0. The molecule has 1 fully saturated rings. The maximum Gasteiger partial charge on any atom is 0.326 e. The van der Waals surface area contributed by atoms with Crippen LogP contribution in [0.3, 0.4) is 0 Å². The van der Waals surface area contributed by atoms with Gasteiger partial charge in [-0.05, 0) is 37.0 Å². The number of hydrogen-bond acceptors (Lipinski definition) is 2. The van der Waals surface area contributed by atoms with Crippen LogP contribution in [0.25, 0.3) is 0 Å². The fraction of sp³-hybridized carbons (Fsp3) is 0.875. The Morgan fingerprint density at radius 1 is 1.24 bits per heavy atom. The molecule has 122 valence electrons. The number of urea groups is 1. The quantitative estimate of drug-likeness (QED) is 0.838. The molecule has 0 bridgehead atoms. The molecule has 21 heavy (non-hydrogen) atoms. The van der Waals surface area contributed by atoms with E-state index in [-0.39, 0.29) is 12.1 Å². The van der Waals surface area contributed by atoms with Crippen LogP contribution in [0.4, 0.5) is 4.79 Å². The topological polar surface area (TPSA) is 69.6 Å². The molecule has 0 aromatic carbocycles. The second-order valence-corrected chi connectivity index (χ2v) is 7.28. The smallest absolute Gasteiger partial charge is 0.326 e. The zero-order valence-electron chi connectivity index (χ0n) is 14.0. The van der Waals surface area contributed by atoms with Gasteiger partial charge in [0, 0.05) is 13.1 Å². The molecule has 2 N–H and O–H groups in total. The predicted octanol–water partition coefficient (Wildman–Crippen LogP) is 3.10. The average Bonchev–Trinajstić information content (AvgIpc) is 2.42. The second-order valence-electron chi connectivity index (χ2n) is 7.28. The summed E-state index contributed by atoms with van der Waals surface area (Å²) in [7, 11) is 1.77. The van der Waals surface area contributed by atoms with E-state index in [4.69, 9.17) is 0 Å². The van der Waals surface area contributed by atoms with Crippen molar-refractivity contribution in [1.29, 1.82) is 0 Å². The van der Waals surface area contributed by atoms with Gasteiger partial charge in [0.2, 0.25) is 0 Å². The van der Waals surface area contributed by atoms with E-state index in [9.17, 15) is 14.7 Å². The van der Waals surface area contributed by atoms with E-state index in [0.29, 0.717) is 0 Å². The van der Waals surface area contributed by atoms with E-state index in [0.717, 1.165) is 31.6 Å². The number of carbonyl (C=O) groups is 2. The van der Waals surface area contributed by atoms with Crippen molar-refractivity contribution in [3.8, 4) is 0 Å². The van der Waals surface area contributed by atoms with Crippen molar-refractivity contribution in [3.63, 3.8) is 0 Å². The second kappa shape index (κ2) is 7.14. The minimum atomic E-state index is -0.987. The molecule has 5 heteroatoms. The van der Waals surface area contributed by atoms with E-state index in [2.05, 4.69) is 12.2 Å². The summed E-state index contributed by atoms with van der Waals surface area (Å²) in [6.07, 6.45) is 5.53. The van der Waals surface area contributed by atoms with Gasteiger partial charge in [0.1, 0.15) is 6.04 Å². The highest BCUT2D eigenvalue weighted by molar-refractivity contribution is 5.83. The highest BCUT2D eigenvalue weighted by Gasteiger charge is 2.34. The molecule has 5 nitrogen and oxygen atoms in total. The number of hydrogen-bond donors (Lipinski definition) is 2. The lowest BCUT2D eigenvalue weighted by Crippen LogP contribution is -2.54. The van der Waals surface area contributed by atoms with Crippen LogP contribution in [0.15, 0.2) is 0 Å². The Labute approximate surface area is 128 Å². The molecule has 0 aliphatic heterocycles. The number of carboxylic acid groups (broad SMARTS) is 1. The largest absolute Gasteiger partial charge is 0.480 e. The first-order valence-corrected chi connectivity index (χ1v) is 7.93. The van der Waals surface area contributed by atoms with E-state index in [1.165, 1.54) is 6.42 Å². The molecule has 2 amide bonds. The molecule has 1 rings (SSSR count). The van der Waals surface area contributed by atoms with Gasteiger partial charge in [-0.1, -0.05) is 34.1 Å². The average molecular weight is 298 g/mol. The van der Waals surface area contributed by atoms with Crippen LogP contribution in [-0.2, 0) is 4.79 Å². The molecule has 0 spiro atoms. The van der Waals surface area contributed by atoms with Crippen LogP contribution in [0, 0.1) is 11.3 Å². The van der Waals surface area contributed by atoms with Gasteiger partial charge in [-0.2, -0.15) is 0 Å². The van der Waals surface area contributed by atoms with Crippen molar-refractivity contribution in [2.24, 2.45) is 11.3 Å². The molecule has 0 aromatic rings. The van der Waals surface area contributed by atoms with Gasteiger partial charge in [0.05, 0.1) is 0 Å². The molecular formula is C16H30N2O3. The standard InChI is InChI=1S/C16H30N2O3/c1-6-11-7-9-12(10-8-11)18(5)15(21)17-13(14(19)20)16(2,3)4/h11-13H,6-10H2,1-5H3,(H,17,21)(H,19,20). The third-order valence-corrected chi connectivity index (χ3v) is 4.64. The van der Waals surface area contributed by atoms with Crippen molar-refractivity contribution in [3.05, 3.63) is 0 Å². The van der Waals surface area contributed by atoms with Crippen molar-refractivity contribution in [1.82, 2.24) is 10.2 Å². The molecule has 0 aromatic heterocycles. The normalized spacial score (nSPS) is 24.2. The molecule has 1 atom stereocenters. The first kappa shape index (κ1) is 17.8. The van der Waals surface area contributed by atoms with E-state index < -0.39 is 17.4 Å². The number of nitrogens with one attached hydrogen (secondary N) is 1. The van der Waals surface area contributed by atoms with Crippen molar-refractivity contribution in [2.75, 3.05) is 7.05 Å². The Kier molecular flexibility index (Phi) is 6.05. The highest BCUT2D eigenvalue weighted by Crippen LogP contribution is 2.29. The molecule has 1 unspecified atom stereocenters. The Balaban J connectivity index is 2.60. The molecule has 1 aliphatic carbocycles. The first-order valence-electron chi connectivity index (χ1n) is 7.93. The molecule has 1 saturated carbocycles. The van der Waals surface area contributed by atoms with Crippen molar-refractivity contribution < 1.29 is 14.7 Å². The van der Waals surface area contributed by atoms with Crippen LogP contribution < -0.4 is 5.32 Å². The SMILES string of the molecule is CCC1CCC(N(C)C(=O)NC(C(=O)O)C(C)(C)C)CC1. The fourth-order valence-corrected chi connectivity index (χ4v) is 2.98. The van der Waals surface area contributed by atoms with Gasteiger partial charge in [-0.3, -0.25) is 0 Å². The lowest BCUT2D eigenvalue weighted by Gasteiger charge is -2.36. The third-order valence-electron chi connectivity index (χ3n) is 4.64. The van der Waals surface area contributed by atoms with Gasteiger partial charge >= 0.3 is 12.0 Å². The van der Waals surface area contributed by atoms with E-state index in [1.54, 1.807) is 11.9 Å². The van der Waals surface area contributed by atoms with Crippen LogP contribution in [-0.4, -0.2) is 41.1 Å². The zero-order chi connectivity index (χ0) is 16.2. The van der Waals surface area contributed by atoms with E-state index in [1.807, 2.05) is 20.8 Å². The Morgan fingerprint density at radius 2 is 1.76 bits per heavy atom. The predicted molar refractivity (Wildman–Crippen MR) is 83.2 cm³/mol. The molecular weight excluding hydrogens is 268 g/mol. The van der Waals surface area contributed by atoms with E-state index >= 15 is 0 Å². The lowest BCUT2D eigenvalue weighted by molar-refractivity contribution is -0.142. The number of nitrogens with zero attached hydrogens (tertiary/aromatic N) is 1. The summed E-state index contributed by atoms with van der Waals surface area (Å²) in [6.45, 7) is 7.66. The van der Waals surface area contributed by atoms with Gasteiger partial charge in [-0.15, -0.1) is 0 Å². The Morgan fingerprint density at radius 3 is 2.14 bits per heavy atom. The Hall–Kier alpha value is -1.26. The molecule has 0 radical (unpaired) electrons.